The van der Waals surface area contributed by atoms with Crippen LogP contribution in [0.3, 0.4) is 0 Å². The molecule has 0 spiro atoms. The molecule has 0 atom stereocenters. The Morgan fingerprint density at radius 3 is 2.53 bits per heavy atom. The fraction of sp³-hybridized carbons (Fsp3) is 0.0909. The van der Waals surface area contributed by atoms with Gasteiger partial charge in [-0.2, -0.15) is 4.98 Å². The molecule has 148 valence electrons. The minimum absolute atomic E-state index is 0.0307. The zero-order chi connectivity index (χ0) is 20.3. The Morgan fingerprint density at radius 2 is 1.73 bits per heavy atom. The van der Waals surface area contributed by atoms with Gasteiger partial charge in [-0.25, -0.2) is 4.98 Å². The molecule has 0 aliphatic carbocycles. The van der Waals surface area contributed by atoms with Gasteiger partial charge in [0.1, 0.15) is 4.70 Å². The van der Waals surface area contributed by atoms with Crippen LogP contribution in [0.25, 0.3) is 21.6 Å². The van der Waals surface area contributed by atoms with Gasteiger partial charge >= 0.3 is 0 Å². The molecule has 5 aromatic rings. The first-order valence-electron chi connectivity index (χ1n) is 9.31. The van der Waals surface area contributed by atoms with Crippen LogP contribution < -0.4 is 5.56 Å². The molecule has 0 saturated heterocycles. The van der Waals surface area contributed by atoms with Crippen LogP contribution in [0.4, 0.5) is 0 Å². The van der Waals surface area contributed by atoms with Crippen molar-refractivity contribution in [2.24, 2.45) is 0 Å². The molecule has 0 fully saturated rings. The second-order valence-corrected chi connectivity index (χ2v) is 8.43. The van der Waals surface area contributed by atoms with Crippen molar-refractivity contribution < 1.29 is 4.52 Å². The summed E-state index contributed by atoms with van der Waals surface area (Å²) in [4.78, 5) is 22.3. The van der Waals surface area contributed by atoms with E-state index < -0.39 is 0 Å². The summed E-state index contributed by atoms with van der Waals surface area (Å²) in [5.41, 5.74) is 2.63. The van der Waals surface area contributed by atoms with E-state index in [2.05, 4.69) is 10.1 Å². The number of benzene rings is 2. The van der Waals surface area contributed by atoms with Crippen molar-refractivity contribution in [3.05, 3.63) is 93.9 Å². The van der Waals surface area contributed by atoms with Crippen molar-refractivity contribution in [1.29, 1.82) is 0 Å². The summed E-state index contributed by atoms with van der Waals surface area (Å²) in [6.07, 6.45) is 0. The van der Waals surface area contributed by atoms with Crippen molar-refractivity contribution in [3.63, 3.8) is 0 Å². The SMILES string of the molecule is O=c1c2sccc2nc(SCc2nc(-c3ccccc3)no2)n1Cc1ccccc1. The highest BCUT2D eigenvalue weighted by molar-refractivity contribution is 7.98. The first kappa shape index (κ1) is 18.8. The average molecular weight is 433 g/mol. The topological polar surface area (TPSA) is 73.8 Å². The lowest BCUT2D eigenvalue weighted by molar-refractivity contribution is 0.391. The second kappa shape index (κ2) is 8.25. The van der Waals surface area contributed by atoms with Gasteiger partial charge in [-0.1, -0.05) is 77.6 Å². The molecule has 30 heavy (non-hydrogen) atoms. The van der Waals surface area contributed by atoms with E-state index in [4.69, 9.17) is 9.51 Å². The van der Waals surface area contributed by atoms with Crippen LogP contribution in [0.1, 0.15) is 11.5 Å². The molecule has 0 aliphatic rings. The van der Waals surface area contributed by atoms with E-state index in [1.54, 1.807) is 4.57 Å². The van der Waals surface area contributed by atoms with Gasteiger partial charge in [0.15, 0.2) is 5.16 Å². The number of nitrogens with zero attached hydrogens (tertiary/aromatic N) is 4. The Balaban J connectivity index is 1.44. The van der Waals surface area contributed by atoms with Gasteiger partial charge in [0.2, 0.25) is 11.7 Å². The molecule has 0 amide bonds. The van der Waals surface area contributed by atoms with Crippen LogP contribution in [0, 0.1) is 0 Å². The number of fused-ring (bicyclic) bond motifs is 1. The van der Waals surface area contributed by atoms with E-state index in [0.29, 0.717) is 39.4 Å². The summed E-state index contributed by atoms with van der Waals surface area (Å²) in [7, 11) is 0. The summed E-state index contributed by atoms with van der Waals surface area (Å²) < 4.78 is 7.79. The number of thioether (sulfide) groups is 1. The Morgan fingerprint density at radius 1 is 0.967 bits per heavy atom. The van der Waals surface area contributed by atoms with Gasteiger partial charge in [0.25, 0.3) is 5.56 Å². The van der Waals surface area contributed by atoms with Crippen molar-refractivity contribution in [2.45, 2.75) is 17.5 Å². The molecule has 3 aromatic heterocycles. The van der Waals surface area contributed by atoms with Crippen molar-refractivity contribution in [3.8, 4) is 11.4 Å². The highest BCUT2D eigenvalue weighted by Gasteiger charge is 2.15. The first-order valence-corrected chi connectivity index (χ1v) is 11.2. The highest BCUT2D eigenvalue weighted by atomic mass is 32.2. The first-order chi connectivity index (χ1) is 14.8. The molecular weight excluding hydrogens is 416 g/mol. The number of aromatic nitrogens is 4. The van der Waals surface area contributed by atoms with Gasteiger partial charge in [-0.15, -0.1) is 11.3 Å². The maximum atomic E-state index is 13.1. The lowest BCUT2D eigenvalue weighted by Crippen LogP contribution is -2.23. The van der Waals surface area contributed by atoms with Gasteiger partial charge in [-0.3, -0.25) is 9.36 Å². The Labute approximate surface area is 180 Å². The summed E-state index contributed by atoms with van der Waals surface area (Å²) >= 11 is 2.84. The second-order valence-electron chi connectivity index (χ2n) is 6.57. The summed E-state index contributed by atoms with van der Waals surface area (Å²) in [6, 6.07) is 21.5. The van der Waals surface area contributed by atoms with Crippen LogP contribution >= 0.6 is 23.1 Å². The summed E-state index contributed by atoms with van der Waals surface area (Å²) in [6.45, 7) is 0.460. The van der Waals surface area contributed by atoms with E-state index in [1.807, 2.05) is 72.1 Å². The van der Waals surface area contributed by atoms with Crippen molar-refractivity contribution in [2.75, 3.05) is 0 Å². The summed E-state index contributed by atoms with van der Waals surface area (Å²) in [5.74, 6) is 1.47. The standard InChI is InChI=1S/C22H16N4O2S2/c27-21-19-17(11-12-29-19)23-22(26(21)13-15-7-3-1-4-8-15)30-14-18-24-20(25-28-18)16-9-5-2-6-10-16/h1-12H,13-14H2. The molecular formula is C22H16N4O2S2. The van der Waals surface area contributed by atoms with E-state index in [0.717, 1.165) is 11.1 Å². The summed E-state index contributed by atoms with van der Waals surface area (Å²) in [5, 5.41) is 6.59. The third-order valence-electron chi connectivity index (χ3n) is 4.54. The lowest BCUT2D eigenvalue weighted by Gasteiger charge is -2.11. The van der Waals surface area contributed by atoms with Crippen LogP contribution in [0.15, 0.2) is 86.6 Å². The normalized spacial score (nSPS) is 11.2. The monoisotopic (exact) mass is 432 g/mol. The molecule has 0 radical (unpaired) electrons. The maximum Gasteiger partial charge on any atom is 0.272 e. The van der Waals surface area contributed by atoms with Crippen LogP contribution in [0.5, 0.6) is 0 Å². The van der Waals surface area contributed by atoms with Crippen LogP contribution in [-0.2, 0) is 12.3 Å². The third kappa shape index (κ3) is 3.79. The fourth-order valence-corrected chi connectivity index (χ4v) is 4.70. The predicted molar refractivity (Wildman–Crippen MR) is 119 cm³/mol. The molecule has 5 rings (SSSR count). The minimum atomic E-state index is -0.0307. The average Bonchev–Trinajstić information content (AvgIpc) is 3.46. The molecule has 3 heterocycles. The maximum absolute atomic E-state index is 13.1. The van der Waals surface area contributed by atoms with E-state index in [1.165, 1.54) is 23.1 Å². The van der Waals surface area contributed by atoms with Gasteiger partial charge in [0.05, 0.1) is 17.8 Å². The number of hydrogen-bond donors (Lipinski definition) is 0. The molecule has 6 nitrogen and oxygen atoms in total. The smallest absolute Gasteiger partial charge is 0.272 e. The Hall–Kier alpha value is -3.23. The minimum Gasteiger partial charge on any atom is -0.338 e. The number of rotatable bonds is 6. The fourth-order valence-electron chi connectivity index (χ4n) is 3.08. The molecule has 0 aliphatic heterocycles. The van der Waals surface area contributed by atoms with Gasteiger partial charge in [0, 0.05) is 5.56 Å². The molecule has 0 bridgehead atoms. The Kier molecular flexibility index (Phi) is 5.17. The molecule has 0 saturated carbocycles. The molecule has 8 heteroatoms. The number of hydrogen-bond acceptors (Lipinski definition) is 7. The molecule has 0 N–H and O–H groups in total. The van der Waals surface area contributed by atoms with Crippen LogP contribution in [-0.4, -0.2) is 19.7 Å². The van der Waals surface area contributed by atoms with Crippen LogP contribution in [0.2, 0.25) is 0 Å². The number of thiophene rings is 1. The quantitative estimate of drug-likeness (QED) is 0.282. The molecule has 0 unspecified atom stereocenters. The van der Waals surface area contributed by atoms with Gasteiger partial charge in [-0.05, 0) is 17.0 Å². The highest BCUT2D eigenvalue weighted by Crippen LogP contribution is 2.25. The largest absolute Gasteiger partial charge is 0.338 e. The van der Waals surface area contributed by atoms with E-state index >= 15 is 0 Å². The Bertz CT molecular complexity index is 1340. The van der Waals surface area contributed by atoms with Crippen molar-refractivity contribution in [1.82, 2.24) is 19.7 Å². The van der Waals surface area contributed by atoms with Crippen molar-refractivity contribution >= 4 is 33.3 Å². The lowest BCUT2D eigenvalue weighted by atomic mass is 10.2. The zero-order valence-electron chi connectivity index (χ0n) is 15.8. The van der Waals surface area contributed by atoms with E-state index in [-0.39, 0.29) is 5.56 Å². The predicted octanol–water partition coefficient (Wildman–Crippen LogP) is 4.85. The van der Waals surface area contributed by atoms with E-state index in [9.17, 15) is 4.79 Å². The third-order valence-corrected chi connectivity index (χ3v) is 6.39. The molecule has 2 aromatic carbocycles. The zero-order valence-corrected chi connectivity index (χ0v) is 17.4. The van der Waals surface area contributed by atoms with Gasteiger partial charge < -0.3 is 4.52 Å².